The van der Waals surface area contributed by atoms with Gasteiger partial charge in [0.05, 0.1) is 6.61 Å². The van der Waals surface area contributed by atoms with Crippen LogP contribution < -0.4 is 4.74 Å². The normalized spacial score (nSPS) is 12.5. The van der Waals surface area contributed by atoms with Crippen molar-refractivity contribution in [1.29, 1.82) is 0 Å². The number of H-pyrrole nitrogens is 1. The molecule has 21 heavy (non-hydrogen) atoms. The Balaban J connectivity index is 2.31. The van der Waals surface area contributed by atoms with Gasteiger partial charge in [0, 0.05) is 28.6 Å². The van der Waals surface area contributed by atoms with Crippen LogP contribution in [0.4, 0.5) is 0 Å². The van der Waals surface area contributed by atoms with Crippen LogP contribution in [0.1, 0.15) is 56.8 Å². The lowest BCUT2D eigenvalue weighted by atomic mass is 9.90. The van der Waals surface area contributed by atoms with Gasteiger partial charge < -0.3 is 9.72 Å². The van der Waals surface area contributed by atoms with E-state index in [0.29, 0.717) is 6.61 Å². The van der Waals surface area contributed by atoms with E-state index < -0.39 is 0 Å². The Hall–Kier alpha value is -1.77. The Morgan fingerprint density at radius 1 is 1.29 bits per heavy atom. The summed E-state index contributed by atoms with van der Waals surface area (Å²) in [5.41, 5.74) is 1.79. The smallest absolute Gasteiger partial charge is 0.168 e. The molecule has 1 heterocycles. The number of aromatic amines is 1. The summed E-state index contributed by atoms with van der Waals surface area (Å²) in [6, 6.07) is 5.88. The molecule has 1 atom stereocenters. The van der Waals surface area contributed by atoms with E-state index in [2.05, 4.69) is 18.8 Å². The summed E-state index contributed by atoms with van der Waals surface area (Å²) in [5, 5.41) is 0.973. The van der Waals surface area contributed by atoms with E-state index in [9.17, 15) is 4.79 Å². The maximum absolute atomic E-state index is 12.8. The number of rotatable bonds is 8. The fourth-order valence-corrected chi connectivity index (χ4v) is 2.75. The van der Waals surface area contributed by atoms with Crippen LogP contribution in [0.5, 0.6) is 5.75 Å². The van der Waals surface area contributed by atoms with E-state index in [0.717, 1.165) is 47.9 Å². The van der Waals surface area contributed by atoms with Crippen molar-refractivity contribution < 1.29 is 9.53 Å². The average Bonchev–Trinajstić information content (AvgIpc) is 2.91. The van der Waals surface area contributed by atoms with Gasteiger partial charge in [-0.05, 0) is 38.0 Å². The van der Waals surface area contributed by atoms with Gasteiger partial charge in [0.15, 0.2) is 5.78 Å². The van der Waals surface area contributed by atoms with E-state index in [1.54, 1.807) is 0 Å². The van der Waals surface area contributed by atoms with Gasteiger partial charge in [-0.2, -0.15) is 0 Å². The summed E-state index contributed by atoms with van der Waals surface area (Å²) in [4.78, 5) is 16.0. The fraction of sp³-hybridized carbons (Fsp3) is 0.500. The van der Waals surface area contributed by atoms with Gasteiger partial charge in [-0.1, -0.05) is 26.7 Å². The highest BCUT2D eigenvalue weighted by molar-refractivity contribution is 6.09. The number of aromatic nitrogens is 1. The molecular weight excluding hydrogens is 262 g/mol. The largest absolute Gasteiger partial charge is 0.494 e. The summed E-state index contributed by atoms with van der Waals surface area (Å²) in [5.74, 6) is 1.20. The molecule has 114 valence electrons. The molecule has 1 unspecified atom stereocenters. The zero-order valence-corrected chi connectivity index (χ0v) is 13.2. The van der Waals surface area contributed by atoms with E-state index in [1.165, 1.54) is 0 Å². The van der Waals surface area contributed by atoms with Crippen molar-refractivity contribution in [3.63, 3.8) is 0 Å². The maximum Gasteiger partial charge on any atom is 0.168 e. The number of ether oxygens (including phenoxy) is 1. The van der Waals surface area contributed by atoms with Gasteiger partial charge in [0.25, 0.3) is 0 Å². The van der Waals surface area contributed by atoms with Crippen LogP contribution in [0.3, 0.4) is 0 Å². The van der Waals surface area contributed by atoms with Crippen LogP contribution in [-0.4, -0.2) is 17.4 Å². The van der Waals surface area contributed by atoms with Crippen LogP contribution in [0.15, 0.2) is 24.4 Å². The van der Waals surface area contributed by atoms with Gasteiger partial charge in [-0.15, -0.1) is 0 Å². The van der Waals surface area contributed by atoms with Gasteiger partial charge in [-0.3, -0.25) is 4.79 Å². The molecule has 3 heteroatoms. The van der Waals surface area contributed by atoms with Crippen LogP contribution in [0.25, 0.3) is 10.9 Å². The predicted octanol–water partition coefficient (Wildman–Crippen LogP) is 4.97. The number of ketones is 1. The minimum absolute atomic E-state index is 0.125. The summed E-state index contributed by atoms with van der Waals surface area (Å²) in [6.45, 7) is 6.86. The predicted molar refractivity (Wildman–Crippen MR) is 87.1 cm³/mol. The fourth-order valence-electron chi connectivity index (χ4n) is 2.75. The number of benzene rings is 1. The number of hydrogen-bond acceptors (Lipinski definition) is 2. The quantitative estimate of drug-likeness (QED) is 0.697. The van der Waals surface area contributed by atoms with Gasteiger partial charge in [0.2, 0.25) is 0 Å². The van der Waals surface area contributed by atoms with E-state index in [-0.39, 0.29) is 11.7 Å². The number of nitrogens with one attached hydrogen (secondary N) is 1. The molecule has 2 rings (SSSR count). The highest BCUT2D eigenvalue weighted by atomic mass is 16.5. The molecule has 1 aromatic carbocycles. The second-order valence-corrected chi connectivity index (χ2v) is 5.45. The van der Waals surface area contributed by atoms with Crippen molar-refractivity contribution >= 4 is 16.7 Å². The topological polar surface area (TPSA) is 42.1 Å². The second-order valence-electron chi connectivity index (χ2n) is 5.45. The molecular formula is C18H25NO2. The number of Topliss-reactive ketones (excluding diaryl/α,β-unsaturated/α-hetero) is 1. The molecule has 0 spiro atoms. The third kappa shape index (κ3) is 3.46. The SMILES string of the molecule is CCCCC(CC)C(=O)c1c[nH]c2ccc(OCC)cc12. The average molecular weight is 287 g/mol. The first-order valence-corrected chi connectivity index (χ1v) is 7.99. The lowest BCUT2D eigenvalue weighted by molar-refractivity contribution is 0.0910. The minimum atomic E-state index is 0.125. The lowest BCUT2D eigenvalue weighted by Gasteiger charge is -2.12. The minimum Gasteiger partial charge on any atom is -0.494 e. The number of carbonyl (C=O) groups is 1. The molecule has 0 amide bonds. The molecule has 1 aromatic heterocycles. The Bertz CT molecular complexity index is 600. The van der Waals surface area contributed by atoms with Crippen molar-refractivity contribution in [2.45, 2.75) is 46.5 Å². The molecule has 0 fully saturated rings. The molecule has 0 aliphatic heterocycles. The molecule has 3 nitrogen and oxygen atoms in total. The van der Waals surface area contributed by atoms with E-state index in [1.807, 2.05) is 31.3 Å². The molecule has 0 bridgehead atoms. The van der Waals surface area contributed by atoms with Crippen molar-refractivity contribution in [2.24, 2.45) is 5.92 Å². The van der Waals surface area contributed by atoms with Gasteiger partial charge in [-0.25, -0.2) is 0 Å². The highest BCUT2D eigenvalue weighted by Gasteiger charge is 2.21. The first-order chi connectivity index (χ1) is 10.2. The standard InChI is InChI=1S/C18H25NO2/c1-4-7-8-13(5-2)18(20)16-12-19-17-10-9-14(21-6-3)11-15(16)17/h9-13,19H,4-8H2,1-3H3. The lowest BCUT2D eigenvalue weighted by Crippen LogP contribution is -2.13. The Morgan fingerprint density at radius 3 is 2.76 bits per heavy atom. The number of fused-ring (bicyclic) bond motifs is 1. The third-order valence-corrected chi connectivity index (χ3v) is 4.00. The molecule has 0 radical (unpaired) electrons. The molecule has 0 aliphatic rings. The van der Waals surface area contributed by atoms with Crippen LogP contribution in [-0.2, 0) is 0 Å². The first kappa shape index (κ1) is 15.6. The van der Waals surface area contributed by atoms with E-state index >= 15 is 0 Å². The molecule has 0 saturated heterocycles. The number of unbranched alkanes of at least 4 members (excludes halogenated alkanes) is 1. The van der Waals surface area contributed by atoms with Crippen LogP contribution in [0.2, 0.25) is 0 Å². The second kappa shape index (κ2) is 7.30. The third-order valence-electron chi connectivity index (χ3n) is 4.00. The van der Waals surface area contributed by atoms with Gasteiger partial charge >= 0.3 is 0 Å². The van der Waals surface area contributed by atoms with Crippen molar-refractivity contribution in [3.05, 3.63) is 30.0 Å². The number of hydrogen-bond donors (Lipinski definition) is 1. The van der Waals surface area contributed by atoms with Gasteiger partial charge in [0.1, 0.15) is 5.75 Å². The first-order valence-electron chi connectivity index (χ1n) is 7.99. The zero-order valence-electron chi connectivity index (χ0n) is 13.2. The summed E-state index contributed by atoms with van der Waals surface area (Å²) in [6.07, 6.45) is 5.96. The number of carbonyl (C=O) groups excluding carboxylic acids is 1. The maximum atomic E-state index is 12.8. The molecule has 2 aromatic rings. The Morgan fingerprint density at radius 2 is 2.10 bits per heavy atom. The zero-order chi connectivity index (χ0) is 15.2. The van der Waals surface area contributed by atoms with Crippen molar-refractivity contribution in [3.8, 4) is 5.75 Å². The van der Waals surface area contributed by atoms with Crippen LogP contribution >= 0.6 is 0 Å². The Kier molecular flexibility index (Phi) is 5.43. The molecule has 1 N–H and O–H groups in total. The van der Waals surface area contributed by atoms with Crippen molar-refractivity contribution in [1.82, 2.24) is 4.98 Å². The highest BCUT2D eigenvalue weighted by Crippen LogP contribution is 2.27. The monoisotopic (exact) mass is 287 g/mol. The Labute approximate surface area is 126 Å². The molecule has 0 aliphatic carbocycles. The van der Waals surface area contributed by atoms with Crippen LogP contribution in [0, 0.1) is 5.92 Å². The summed E-state index contributed by atoms with van der Waals surface area (Å²) < 4.78 is 5.54. The van der Waals surface area contributed by atoms with E-state index in [4.69, 9.17) is 4.74 Å². The molecule has 0 saturated carbocycles. The van der Waals surface area contributed by atoms with Crippen molar-refractivity contribution in [2.75, 3.05) is 6.61 Å². The summed E-state index contributed by atoms with van der Waals surface area (Å²) >= 11 is 0. The summed E-state index contributed by atoms with van der Waals surface area (Å²) in [7, 11) is 0.